The number of carbonyl (C=O) groups is 1. The third-order valence-corrected chi connectivity index (χ3v) is 4.94. The van der Waals surface area contributed by atoms with Crippen LogP contribution in [-0.2, 0) is 14.9 Å². The highest BCUT2D eigenvalue weighted by Gasteiger charge is 2.43. The van der Waals surface area contributed by atoms with E-state index in [1.165, 1.54) is 0 Å². The van der Waals surface area contributed by atoms with Crippen molar-refractivity contribution in [3.8, 4) is 0 Å². The molecule has 4 nitrogen and oxygen atoms in total. The molecule has 1 aromatic carbocycles. The fourth-order valence-corrected chi connectivity index (χ4v) is 3.89. The van der Waals surface area contributed by atoms with E-state index in [-0.39, 0.29) is 11.3 Å². The summed E-state index contributed by atoms with van der Waals surface area (Å²) >= 11 is 8.43. The molecule has 0 aliphatic heterocycles. The molecule has 24 heavy (non-hydrogen) atoms. The Bertz CT molecular complexity index is 730. The summed E-state index contributed by atoms with van der Waals surface area (Å²) in [6, 6.07) is 5.91. The SMILES string of the molecule is CCCC(CCC)(C(=O)OCC)c1nc(Cl)nc2ccc(I)cc12. The van der Waals surface area contributed by atoms with E-state index in [1.54, 1.807) is 0 Å². The molecule has 130 valence electrons. The highest BCUT2D eigenvalue weighted by atomic mass is 127. The van der Waals surface area contributed by atoms with E-state index in [0.717, 1.165) is 27.3 Å². The number of benzene rings is 1. The molecule has 0 aliphatic rings. The van der Waals surface area contributed by atoms with Crippen molar-refractivity contribution in [1.29, 1.82) is 0 Å². The normalized spacial score (nSPS) is 11.7. The molecule has 2 rings (SSSR count). The molecular weight excluding hydrogens is 439 g/mol. The second-order valence-corrected chi connectivity index (χ2v) is 7.39. The number of esters is 1. The Morgan fingerprint density at radius 3 is 2.46 bits per heavy atom. The van der Waals surface area contributed by atoms with Gasteiger partial charge in [-0.1, -0.05) is 26.7 Å². The summed E-state index contributed by atoms with van der Waals surface area (Å²) < 4.78 is 6.51. The Labute approximate surface area is 161 Å². The van der Waals surface area contributed by atoms with E-state index in [9.17, 15) is 4.79 Å². The molecule has 0 atom stereocenters. The van der Waals surface area contributed by atoms with Crippen LogP contribution in [0.25, 0.3) is 10.9 Å². The third kappa shape index (κ3) is 3.82. The second kappa shape index (κ2) is 8.43. The van der Waals surface area contributed by atoms with Gasteiger partial charge in [0.15, 0.2) is 0 Å². The van der Waals surface area contributed by atoms with E-state index in [1.807, 2.05) is 25.1 Å². The Morgan fingerprint density at radius 2 is 1.88 bits per heavy atom. The number of carbonyl (C=O) groups excluding carboxylic acids is 1. The van der Waals surface area contributed by atoms with Crippen LogP contribution in [0.15, 0.2) is 18.2 Å². The minimum atomic E-state index is -0.783. The van der Waals surface area contributed by atoms with Crippen LogP contribution >= 0.6 is 34.2 Å². The topological polar surface area (TPSA) is 52.1 Å². The van der Waals surface area contributed by atoms with Gasteiger partial charge in [-0.05, 0) is 72.2 Å². The minimum Gasteiger partial charge on any atom is -0.465 e. The largest absolute Gasteiger partial charge is 0.465 e. The van der Waals surface area contributed by atoms with E-state index in [4.69, 9.17) is 16.3 Å². The Balaban J connectivity index is 2.79. The number of hydrogen-bond acceptors (Lipinski definition) is 4. The first-order valence-corrected chi connectivity index (χ1v) is 9.74. The van der Waals surface area contributed by atoms with Gasteiger partial charge < -0.3 is 4.74 Å². The van der Waals surface area contributed by atoms with Gasteiger partial charge in [-0.25, -0.2) is 9.97 Å². The van der Waals surface area contributed by atoms with Crippen molar-refractivity contribution in [2.45, 2.75) is 51.9 Å². The minimum absolute atomic E-state index is 0.166. The first-order chi connectivity index (χ1) is 11.5. The van der Waals surface area contributed by atoms with Gasteiger partial charge in [-0.2, -0.15) is 0 Å². The van der Waals surface area contributed by atoms with Gasteiger partial charge in [-0.3, -0.25) is 4.79 Å². The Morgan fingerprint density at radius 1 is 1.21 bits per heavy atom. The van der Waals surface area contributed by atoms with Crippen LogP contribution in [0, 0.1) is 3.57 Å². The van der Waals surface area contributed by atoms with E-state index in [0.29, 0.717) is 25.1 Å². The summed E-state index contributed by atoms with van der Waals surface area (Å²) in [5.74, 6) is -0.219. The molecule has 0 unspecified atom stereocenters. The van der Waals surface area contributed by atoms with Crippen molar-refractivity contribution in [1.82, 2.24) is 9.97 Å². The average molecular weight is 461 g/mol. The van der Waals surface area contributed by atoms with Crippen LogP contribution in [0.4, 0.5) is 0 Å². The van der Waals surface area contributed by atoms with Gasteiger partial charge in [-0.15, -0.1) is 0 Å². The van der Waals surface area contributed by atoms with Crippen molar-refractivity contribution in [3.63, 3.8) is 0 Å². The molecule has 1 heterocycles. The summed E-state index contributed by atoms with van der Waals surface area (Å²) in [6.45, 7) is 6.31. The van der Waals surface area contributed by atoms with E-state index >= 15 is 0 Å². The monoisotopic (exact) mass is 460 g/mol. The molecule has 0 saturated carbocycles. The van der Waals surface area contributed by atoms with Gasteiger partial charge in [0, 0.05) is 8.96 Å². The molecule has 2 aromatic rings. The number of halogens is 2. The van der Waals surface area contributed by atoms with Crippen LogP contribution in [-0.4, -0.2) is 22.5 Å². The fraction of sp³-hybridized carbons (Fsp3) is 0.500. The van der Waals surface area contributed by atoms with Crippen LogP contribution in [0.3, 0.4) is 0 Å². The molecular formula is C18H22ClIN2O2. The molecule has 0 aliphatic carbocycles. The summed E-state index contributed by atoms with van der Waals surface area (Å²) in [6.07, 6.45) is 3.05. The zero-order valence-electron chi connectivity index (χ0n) is 14.2. The van der Waals surface area contributed by atoms with Gasteiger partial charge in [0.05, 0.1) is 17.8 Å². The molecule has 0 amide bonds. The van der Waals surface area contributed by atoms with Crippen molar-refractivity contribution in [2.75, 3.05) is 6.61 Å². The smallest absolute Gasteiger partial charge is 0.318 e. The highest BCUT2D eigenvalue weighted by molar-refractivity contribution is 14.1. The summed E-state index contributed by atoms with van der Waals surface area (Å²) in [5, 5.41) is 1.04. The Hall–Kier alpha value is -0.950. The van der Waals surface area contributed by atoms with E-state index in [2.05, 4.69) is 46.4 Å². The lowest BCUT2D eigenvalue weighted by Gasteiger charge is -2.31. The van der Waals surface area contributed by atoms with Gasteiger partial charge in [0.25, 0.3) is 0 Å². The fourth-order valence-electron chi connectivity index (χ4n) is 3.22. The van der Waals surface area contributed by atoms with Crippen LogP contribution in [0.1, 0.15) is 52.1 Å². The number of rotatable bonds is 7. The molecule has 0 bridgehead atoms. The number of ether oxygens (including phenoxy) is 1. The summed E-state index contributed by atoms with van der Waals surface area (Å²) in [4.78, 5) is 21.8. The molecule has 0 fully saturated rings. The maximum absolute atomic E-state index is 13.0. The molecule has 1 aromatic heterocycles. The van der Waals surface area contributed by atoms with Gasteiger partial charge >= 0.3 is 5.97 Å². The number of hydrogen-bond donors (Lipinski definition) is 0. The van der Waals surface area contributed by atoms with Gasteiger partial charge in [0.2, 0.25) is 5.28 Å². The van der Waals surface area contributed by atoms with E-state index < -0.39 is 5.41 Å². The number of fused-ring (bicyclic) bond motifs is 1. The zero-order chi connectivity index (χ0) is 17.7. The number of nitrogens with zero attached hydrogens (tertiary/aromatic N) is 2. The van der Waals surface area contributed by atoms with Crippen molar-refractivity contribution >= 4 is 51.1 Å². The predicted molar refractivity (Wildman–Crippen MR) is 105 cm³/mol. The third-order valence-electron chi connectivity index (χ3n) is 4.10. The lowest BCUT2D eigenvalue weighted by molar-refractivity contribution is -0.151. The maximum atomic E-state index is 13.0. The van der Waals surface area contributed by atoms with Crippen LogP contribution < -0.4 is 0 Å². The van der Waals surface area contributed by atoms with Crippen LogP contribution in [0.5, 0.6) is 0 Å². The molecule has 0 radical (unpaired) electrons. The molecule has 0 saturated heterocycles. The molecule has 0 N–H and O–H groups in total. The lowest BCUT2D eigenvalue weighted by atomic mass is 9.75. The predicted octanol–water partition coefficient (Wildman–Crippen LogP) is 5.29. The first-order valence-electron chi connectivity index (χ1n) is 8.29. The zero-order valence-corrected chi connectivity index (χ0v) is 17.1. The van der Waals surface area contributed by atoms with Crippen molar-refractivity contribution < 1.29 is 9.53 Å². The lowest BCUT2D eigenvalue weighted by Crippen LogP contribution is -2.39. The molecule has 0 spiro atoms. The molecule has 6 heteroatoms. The van der Waals surface area contributed by atoms with Crippen LogP contribution in [0.2, 0.25) is 5.28 Å². The second-order valence-electron chi connectivity index (χ2n) is 5.81. The van der Waals surface area contributed by atoms with Gasteiger partial charge in [0.1, 0.15) is 5.41 Å². The van der Waals surface area contributed by atoms with Crippen molar-refractivity contribution in [2.24, 2.45) is 0 Å². The van der Waals surface area contributed by atoms with Crippen molar-refractivity contribution in [3.05, 3.63) is 32.7 Å². The Kier molecular flexibility index (Phi) is 6.80. The average Bonchev–Trinajstić information content (AvgIpc) is 2.54. The summed E-state index contributed by atoms with van der Waals surface area (Å²) in [7, 11) is 0. The number of aromatic nitrogens is 2. The standard InChI is InChI=1S/C18H22ClIN2O2/c1-4-9-18(10-5-2,16(23)24-6-3)15-13-11-12(20)7-8-14(13)21-17(19)22-15/h7-8,11H,4-6,9-10H2,1-3H3. The summed E-state index contributed by atoms with van der Waals surface area (Å²) in [5.41, 5.74) is 0.666. The highest BCUT2D eigenvalue weighted by Crippen LogP contribution is 2.39. The quantitative estimate of drug-likeness (QED) is 0.320. The maximum Gasteiger partial charge on any atom is 0.318 e. The first kappa shape index (κ1) is 19.4.